The van der Waals surface area contributed by atoms with Crippen LogP contribution in [0.5, 0.6) is 0 Å². The Kier molecular flexibility index (Phi) is 5.50. The van der Waals surface area contributed by atoms with Crippen LogP contribution in [0.15, 0.2) is 0 Å². The third-order valence-electron chi connectivity index (χ3n) is 2.76. The summed E-state index contributed by atoms with van der Waals surface area (Å²) in [6, 6.07) is -0.115. The number of rotatable bonds is 5. The van der Waals surface area contributed by atoms with E-state index in [0.717, 1.165) is 19.3 Å². The van der Waals surface area contributed by atoms with Gasteiger partial charge in [0.15, 0.2) is 0 Å². The van der Waals surface area contributed by atoms with Crippen LogP contribution in [0.1, 0.15) is 32.6 Å². The predicted octanol–water partition coefficient (Wildman–Crippen LogP) is 1.08. The van der Waals surface area contributed by atoms with Crippen molar-refractivity contribution < 1.29 is 13.5 Å². The Bertz CT molecular complexity index is 307. The van der Waals surface area contributed by atoms with Crippen molar-refractivity contribution in [1.29, 1.82) is 0 Å². The monoisotopic (exact) mass is 269 g/mol. The van der Waals surface area contributed by atoms with Crippen LogP contribution in [0.2, 0.25) is 0 Å². The van der Waals surface area contributed by atoms with E-state index < -0.39 is 10.0 Å². The first-order valence-corrected chi connectivity index (χ1v) is 7.85. The lowest BCUT2D eigenvalue weighted by Gasteiger charge is -2.26. The van der Waals surface area contributed by atoms with Crippen molar-refractivity contribution in [1.82, 2.24) is 4.72 Å². The molecule has 1 rings (SSSR count). The van der Waals surface area contributed by atoms with E-state index >= 15 is 0 Å². The molecule has 0 aromatic carbocycles. The number of halogens is 1. The lowest BCUT2D eigenvalue weighted by atomic mass is 9.94. The van der Waals surface area contributed by atoms with Crippen LogP contribution in [0.3, 0.4) is 0 Å². The van der Waals surface area contributed by atoms with Gasteiger partial charge in [0.25, 0.3) is 0 Å². The molecule has 0 heterocycles. The first-order valence-electron chi connectivity index (χ1n) is 5.67. The Morgan fingerprint density at radius 1 is 1.50 bits per heavy atom. The molecular formula is C10H20ClNO3S. The smallest absolute Gasteiger partial charge is 0.212 e. The van der Waals surface area contributed by atoms with Gasteiger partial charge in [0.1, 0.15) is 0 Å². The molecule has 0 saturated heterocycles. The molecule has 3 atom stereocenters. The van der Waals surface area contributed by atoms with Crippen molar-refractivity contribution in [2.45, 2.75) is 44.8 Å². The summed E-state index contributed by atoms with van der Waals surface area (Å²) in [6.45, 7) is 1.81. The van der Waals surface area contributed by atoms with Crippen LogP contribution in [-0.4, -0.2) is 37.3 Å². The second-order valence-corrected chi connectivity index (χ2v) is 6.78. The fourth-order valence-electron chi connectivity index (χ4n) is 1.99. The van der Waals surface area contributed by atoms with E-state index in [1.54, 1.807) is 0 Å². The van der Waals surface area contributed by atoms with Crippen LogP contribution in [0.4, 0.5) is 0 Å². The number of alkyl halides is 1. The SMILES string of the molecule is CC(CCl)CS(=O)(=O)NC1CCCC(O)C1. The molecule has 0 aromatic rings. The molecule has 1 aliphatic carbocycles. The molecule has 1 saturated carbocycles. The molecule has 0 aliphatic heterocycles. The molecule has 16 heavy (non-hydrogen) atoms. The van der Waals surface area contributed by atoms with Gasteiger partial charge in [0, 0.05) is 11.9 Å². The van der Waals surface area contributed by atoms with E-state index in [2.05, 4.69) is 4.72 Å². The number of hydrogen-bond donors (Lipinski definition) is 2. The second kappa shape index (κ2) is 6.19. The van der Waals surface area contributed by atoms with Gasteiger partial charge in [-0.05, 0) is 31.6 Å². The zero-order chi connectivity index (χ0) is 12.2. The van der Waals surface area contributed by atoms with Crippen LogP contribution >= 0.6 is 11.6 Å². The van der Waals surface area contributed by atoms with E-state index in [0.29, 0.717) is 12.3 Å². The summed E-state index contributed by atoms with van der Waals surface area (Å²) in [7, 11) is -3.26. The number of hydrogen-bond acceptors (Lipinski definition) is 3. The van der Waals surface area contributed by atoms with E-state index in [1.807, 2.05) is 6.92 Å². The maximum absolute atomic E-state index is 11.7. The molecule has 0 spiro atoms. The van der Waals surface area contributed by atoms with Crippen molar-refractivity contribution in [2.75, 3.05) is 11.6 Å². The predicted molar refractivity (Wildman–Crippen MR) is 65.1 cm³/mol. The summed E-state index contributed by atoms with van der Waals surface area (Å²) in [5, 5.41) is 9.45. The minimum atomic E-state index is -3.26. The van der Waals surface area contributed by atoms with E-state index in [4.69, 9.17) is 11.6 Å². The van der Waals surface area contributed by atoms with Gasteiger partial charge in [-0.25, -0.2) is 13.1 Å². The zero-order valence-electron chi connectivity index (χ0n) is 9.52. The molecule has 1 fully saturated rings. The molecule has 0 bridgehead atoms. The Morgan fingerprint density at radius 3 is 2.75 bits per heavy atom. The number of nitrogens with one attached hydrogen (secondary N) is 1. The molecule has 96 valence electrons. The van der Waals surface area contributed by atoms with Gasteiger partial charge in [-0.2, -0.15) is 0 Å². The molecule has 0 amide bonds. The summed E-state index contributed by atoms with van der Waals surface area (Å²) in [5.74, 6) is 0.352. The largest absolute Gasteiger partial charge is 0.393 e. The van der Waals surface area contributed by atoms with Crippen LogP contribution < -0.4 is 4.72 Å². The molecular weight excluding hydrogens is 250 g/mol. The van der Waals surface area contributed by atoms with E-state index in [9.17, 15) is 13.5 Å². The van der Waals surface area contributed by atoms with Crippen molar-refractivity contribution in [3.05, 3.63) is 0 Å². The van der Waals surface area contributed by atoms with Gasteiger partial charge in [-0.15, -0.1) is 11.6 Å². The Labute approximate surface area is 102 Å². The van der Waals surface area contributed by atoms with E-state index in [1.165, 1.54) is 0 Å². The van der Waals surface area contributed by atoms with Crippen LogP contribution in [0.25, 0.3) is 0 Å². The summed E-state index contributed by atoms with van der Waals surface area (Å²) in [6.07, 6.45) is 2.61. The summed E-state index contributed by atoms with van der Waals surface area (Å²) < 4.78 is 26.1. The van der Waals surface area contributed by atoms with Crippen molar-refractivity contribution in [3.63, 3.8) is 0 Å². The third-order valence-corrected chi connectivity index (χ3v) is 4.99. The Hall–Kier alpha value is 0.160. The second-order valence-electron chi connectivity index (χ2n) is 4.68. The first kappa shape index (κ1) is 14.2. The molecule has 1 aliphatic rings. The Morgan fingerprint density at radius 2 is 2.19 bits per heavy atom. The van der Waals surface area contributed by atoms with Crippen molar-refractivity contribution in [2.24, 2.45) is 5.92 Å². The summed E-state index contributed by atoms with van der Waals surface area (Å²) >= 11 is 5.59. The molecule has 0 radical (unpaired) electrons. The number of sulfonamides is 1. The standard InChI is InChI=1S/C10H20ClNO3S/c1-8(6-11)7-16(14,15)12-9-3-2-4-10(13)5-9/h8-10,12-13H,2-7H2,1H3. The van der Waals surface area contributed by atoms with Gasteiger partial charge >= 0.3 is 0 Å². The highest BCUT2D eigenvalue weighted by atomic mass is 35.5. The van der Waals surface area contributed by atoms with Gasteiger partial charge in [-0.3, -0.25) is 0 Å². The quantitative estimate of drug-likeness (QED) is 0.734. The minimum Gasteiger partial charge on any atom is -0.393 e. The third kappa shape index (κ3) is 4.99. The summed E-state index contributed by atoms with van der Waals surface area (Å²) in [5.41, 5.74) is 0. The first-order chi connectivity index (χ1) is 7.43. The lowest BCUT2D eigenvalue weighted by molar-refractivity contribution is 0.117. The maximum atomic E-state index is 11.7. The Balaban J connectivity index is 2.45. The highest BCUT2D eigenvalue weighted by Gasteiger charge is 2.25. The van der Waals surface area contributed by atoms with Crippen LogP contribution in [-0.2, 0) is 10.0 Å². The average Bonchev–Trinajstić information content (AvgIpc) is 2.15. The van der Waals surface area contributed by atoms with Crippen molar-refractivity contribution >= 4 is 21.6 Å². The van der Waals surface area contributed by atoms with Gasteiger partial charge in [0.05, 0.1) is 11.9 Å². The highest BCUT2D eigenvalue weighted by molar-refractivity contribution is 7.89. The normalized spacial score (nSPS) is 28.9. The number of aliphatic hydroxyl groups is 1. The molecule has 0 aromatic heterocycles. The van der Waals surface area contributed by atoms with Gasteiger partial charge < -0.3 is 5.11 Å². The average molecular weight is 270 g/mol. The maximum Gasteiger partial charge on any atom is 0.212 e. The molecule has 2 N–H and O–H groups in total. The van der Waals surface area contributed by atoms with Gasteiger partial charge in [-0.1, -0.05) is 6.92 Å². The van der Waals surface area contributed by atoms with Crippen molar-refractivity contribution in [3.8, 4) is 0 Å². The number of aliphatic hydroxyl groups excluding tert-OH is 1. The minimum absolute atomic E-state index is 0.0484. The molecule has 3 unspecified atom stereocenters. The zero-order valence-corrected chi connectivity index (χ0v) is 11.1. The van der Waals surface area contributed by atoms with Crippen LogP contribution in [0, 0.1) is 5.92 Å². The van der Waals surface area contributed by atoms with Gasteiger partial charge in [0.2, 0.25) is 10.0 Å². The molecule has 4 nitrogen and oxygen atoms in total. The fourth-order valence-corrected chi connectivity index (χ4v) is 3.92. The fraction of sp³-hybridized carbons (Fsp3) is 1.00. The topological polar surface area (TPSA) is 66.4 Å². The summed E-state index contributed by atoms with van der Waals surface area (Å²) in [4.78, 5) is 0. The highest BCUT2D eigenvalue weighted by Crippen LogP contribution is 2.19. The van der Waals surface area contributed by atoms with E-state index in [-0.39, 0.29) is 23.8 Å². The lowest BCUT2D eigenvalue weighted by Crippen LogP contribution is -2.41. The molecule has 6 heteroatoms.